The predicted octanol–water partition coefficient (Wildman–Crippen LogP) is 3.73. The Morgan fingerprint density at radius 3 is 2.32 bits per heavy atom. The minimum atomic E-state index is -3.92. The maximum absolute atomic E-state index is 11.2. The Kier molecular flexibility index (Phi) is 6.69. The second kappa shape index (κ2) is 7.55. The third-order valence-electron chi connectivity index (χ3n) is 2.25. The summed E-state index contributed by atoms with van der Waals surface area (Å²) in [5.74, 6) is 0.327. The first kappa shape index (κ1) is 16.9. The molecule has 0 aliphatic carbocycles. The maximum Gasteiger partial charge on any atom is 0.262 e. The summed E-state index contributed by atoms with van der Waals surface area (Å²) in [6.07, 6.45) is 1.65. The molecule has 0 saturated heterocycles. The fraction of sp³-hybridized carbons (Fsp3) is 0.455. The molecule has 0 bridgehead atoms. The van der Waals surface area contributed by atoms with Gasteiger partial charge < -0.3 is 9.47 Å². The average Bonchev–Trinajstić information content (AvgIpc) is 2.31. The molecular weight excluding hydrogens is 335 g/mol. The van der Waals surface area contributed by atoms with Crippen molar-refractivity contribution in [3.05, 3.63) is 22.2 Å². The van der Waals surface area contributed by atoms with Gasteiger partial charge in [-0.05, 0) is 18.9 Å². The molecule has 1 aromatic carbocycles. The predicted molar refractivity (Wildman–Crippen MR) is 76.1 cm³/mol. The van der Waals surface area contributed by atoms with Crippen LogP contribution in [0.5, 0.6) is 5.75 Å². The van der Waals surface area contributed by atoms with Crippen LogP contribution in [0.2, 0.25) is 10.0 Å². The highest BCUT2D eigenvalue weighted by molar-refractivity contribution is 8.13. The lowest BCUT2D eigenvalue weighted by Gasteiger charge is -2.10. The molecule has 0 aliphatic heterocycles. The Hall–Kier alpha value is -0.200. The Morgan fingerprint density at radius 2 is 1.74 bits per heavy atom. The van der Waals surface area contributed by atoms with Crippen molar-refractivity contribution in [1.29, 1.82) is 0 Å². The van der Waals surface area contributed by atoms with Crippen LogP contribution in [0, 0.1) is 0 Å². The van der Waals surface area contributed by atoms with E-state index < -0.39 is 9.05 Å². The second-order valence-corrected chi connectivity index (χ2v) is 7.05. The molecule has 108 valence electrons. The average molecular weight is 348 g/mol. The van der Waals surface area contributed by atoms with Crippen LogP contribution in [0.15, 0.2) is 17.0 Å². The third-order valence-corrected chi connectivity index (χ3v) is 4.33. The lowest BCUT2D eigenvalue weighted by molar-refractivity contribution is 0.184. The molecule has 8 heteroatoms. The van der Waals surface area contributed by atoms with Crippen molar-refractivity contribution in [3.63, 3.8) is 0 Å². The van der Waals surface area contributed by atoms with Gasteiger partial charge in [0, 0.05) is 30.5 Å². The third kappa shape index (κ3) is 5.36. The SMILES string of the molecule is COCCCCOc1cc(Cl)c(S(=O)(=O)Cl)cc1Cl. The standard InChI is InChI=1S/C11H13Cl3O4S/c1-17-4-2-3-5-18-10-6-9(13)11(7-8(10)12)19(14,15)16/h6-7H,2-5H2,1H3. The minimum Gasteiger partial charge on any atom is -0.492 e. The van der Waals surface area contributed by atoms with E-state index in [1.54, 1.807) is 7.11 Å². The molecule has 1 aromatic rings. The number of benzene rings is 1. The Labute approximate surface area is 127 Å². The van der Waals surface area contributed by atoms with Gasteiger partial charge >= 0.3 is 0 Å². The van der Waals surface area contributed by atoms with Gasteiger partial charge in [0.05, 0.1) is 16.7 Å². The van der Waals surface area contributed by atoms with Gasteiger partial charge in [0.15, 0.2) is 0 Å². The molecule has 0 atom stereocenters. The highest BCUT2D eigenvalue weighted by Crippen LogP contribution is 2.35. The van der Waals surface area contributed by atoms with Gasteiger partial charge in [-0.3, -0.25) is 0 Å². The number of ether oxygens (including phenoxy) is 2. The lowest BCUT2D eigenvalue weighted by atomic mass is 10.3. The summed E-state index contributed by atoms with van der Waals surface area (Å²) in [6.45, 7) is 1.09. The molecule has 1 rings (SSSR count). The normalized spacial score (nSPS) is 11.6. The van der Waals surface area contributed by atoms with Crippen LogP contribution < -0.4 is 4.74 Å². The van der Waals surface area contributed by atoms with Crippen molar-refractivity contribution in [2.24, 2.45) is 0 Å². The van der Waals surface area contributed by atoms with Gasteiger partial charge in [0.25, 0.3) is 9.05 Å². The van der Waals surface area contributed by atoms with Crippen molar-refractivity contribution < 1.29 is 17.9 Å². The van der Waals surface area contributed by atoms with Gasteiger partial charge in [0.1, 0.15) is 10.6 Å². The van der Waals surface area contributed by atoms with Crippen LogP contribution >= 0.6 is 33.9 Å². The molecular formula is C11H13Cl3O4S. The van der Waals surface area contributed by atoms with Gasteiger partial charge in [-0.15, -0.1) is 0 Å². The monoisotopic (exact) mass is 346 g/mol. The molecule has 0 fully saturated rings. The Bertz CT molecular complexity index is 531. The number of methoxy groups -OCH3 is 1. The second-order valence-electron chi connectivity index (χ2n) is 3.70. The molecule has 0 spiro atoms. The zero-order chi connectivity index (χ0) is 14.5. The van der Waals surface area contributed by atoms with Crippen molar-refractivity contribution in [3.8, 4) is 5.75 Å². The molecule has 0 radical (unpaired) electrons. The van der Waals surface area contributed by atoms with Gasteiger partial charge in [-0.2, -0.15) is 0 Å². The maximum atomic E-state index is 11.2. The van der Waals surface area contributed by atoms with Crippen molar-refractivity contribution in [2.75, 3.05) is 20.3 Å². The quantitative estimate of drug-likeness (QED) is 0.557. The van der Waals surface area contributed by atoms with Crippen molar-refractivity contribution in [1.82, 2.24) is 0 Å². The molecule has 0 saturated carbocycles. The summed E-state index contributed by atoms with van der Waals surface area (Å²) < 4.78 is 32.8. The van der Waals surface area contributed by atoms with Crippen molar-refractivity contribution >= 4 is 42.9 Å². The number of rotatable bonds is 7. The Morgan fingerprint density at radius 1 is 1.11 bits per heavy atom. The van der Waals surface area contributed by atoms with Gasteiger partial charge in [-0.1, -0.05) is 23.2 Å². The first-order chi connectivity index (χ1) is 8.86. The van der Waals surface area contributed by atoms with Crippen molar-refractivity contribution in [2.45, 2.75) is 17.7 Å². The molecule has 0 N–H and O–H groups in total. The lowest BCUT2D eigenvalue weighted by Crippen LogP contribution is -2.01. The first-order valence-corrected chi connectivity index (χ1v) is 8.48. The highest BCUT2D eigenvalue weighted by atomic mass is 35.7. The molecule has 0 heterocycles. The summed E-state index contributed by atoms with van der Waals surface area (Å²) in [4.78, 5) is -0.229. The zero-order valence-corrected chi connectivity index (χ0v) is 13.2. The van der Waals surface area contributed by atoms with E-state index >= 15 is 0 Å². The smallest absolute Gasteiger partial charge is 0.262 e. The summed E-state index contributed by atoms with van der Waals surface area (Å²) in [5.41, 5.74) is 0. The van der Waals surface area contributed by atoms with E-state index in [0.29, 0.717) is 19.0 Å². The highest BCUT2D eigenvalue weighted by Gasteiger charge is 2.18. The van der Waals surface area contributed by atoms with Crippen LogP contribution in [0.3, 0.4) is 0 Å². The minimum absolute atomic E-state index is 0.0220. The molecule has 0 unspecified atom stereocenters. The largest absolute Gasteiger partial charge is 0.492 e. The van der Waals surface area contributed by atoms with E-state index in [-0.39, 0.29) is 14.9 Å². The first-order valence-electron chi connectivity index (χ1n) is 5.41. The van der Waals surface area contributed by atoms with E-state index in [4.69, 9.17) is 43.4 Å². The fourth-order valence-electron chi connectivity index (χ4n) is 1.34. The van der Waals surface area contributed by atoms with E-state index in [1.807, 2.05) is 0 Å². The van der Waals surface area contributed by atoms with Crippen LogP contribution in [0.25, 0.3) is 0 Å². The molecule has 4 nitrogen and oxygen atoms in total. The van der Waals surface area contributed by atoms with E-state index in [9.17, 15) is 8.42 Å². The number of unbranched alkanes of at least 4 members (excludes halogenated alkanes) is 1. The number of halogens is 3. The summed E-state index contributed by atoms with van der Waals surface area (Å²) >= 11 is 11.7. The number of hydrogen-bond acceptors (Lipinski definition) is 4. The molecule has 19 heavy (non-hydrogen) atoms. The van der Waals surface area contributed by atoms with Gasteiger partial charge in [-0.25, -0.2) is 8.42 Å². The summed E-state index contributed by atoms with van der Waals surface area (Å²) in [7, 11) is 2.93. The van der Waals surface area contributed by atoms with Crippen LogP contribution in [0.4, 0.5) is 0 Å². The van der Waals surface area contributed by atoms with Crippen LogP contribution in [-0.2, 0) is 13.8 Å². The molecule has 0 aliphatic rings. The topological polar surface area (TPSA) is 52.6 Å². The Balaban J connectivity index is 2.74. The number of hydrogen-bond donors (Lipinski definition) is 0. The molecule has 0 aromatic heterocycles. The van der Waals surface area contributed by atoms with E-state index in [2.05, 4.69) is 0 Å². The zero-order valence-electron chi connectivity index (χ0n) is 10.2. The fourth-order valence-corrected chi connectivity index (χ4v) is 3.13. The van der Waals surface area contributed by atoms with Crippen LogP contribution in [0.1, 0.15) is 12.8 Å². The molecule has 0 amide bonds. The summed E-state index contributed by atoms with van der Waals surface area (Å²) in [5, 5.41) is 0.127. The van der Waals surface area contributed by atoms with E-state index in [1.165, 1.54) is 12.1 Å². The summed E-state index contributed by atoms with van der Waals surface area (Å²) in [6, 6.07) is 2.52. The van der Waals surface area contributed by atoms with E-state index in [0.717, 1.165) is 12.8 Å². The van der Waals surface area contributed by atoms with Crippen LogP contribution in [-0.4, -0.2) is 28.7 Å². The van der Waals surface area contributed by atoms with Gasteiger partial charge in [0.2, 0.25) is 0 Å².